The first kappa shape index (κ1) is 27.7. The molecule has 1 amide bonds. The number of nitriles is 1. The Bertz CT molecular complexity index is 1450. The minimum atomic E-state index is -0.123. The van der Waals surface area contributed by atoms with Crippen molar-refractivity contribution in [2.45, 2.75) is 52.2 Å². The molecular formula is C32H35N5O2. The number of hydrogen-bond acceptors (Lipinski definition) is 5. The van der Waals surface area contributed by atoms with Gasteiger partial charge in [0, 0.05) is 44.0 Å². The van der Waals surface area contributed by atoms with Crippen molar-refractivity contribution < 1.29 is 9.59 Å². The monoisotopic (exact) mass is 521 g/mol. The number of hydrogen-bond donors (Lipinski definition) is 2. The third kappa shape index (κ3) is 7.86. The van der Waals surface area contributed by atoms with Gasteiger partial charge in [-0.25, -0.2) is 4.98 Å². The summed E-state index contributed by atoms with van der Waals surface area (Å²) >= 11 is 0. The molecule has 0 radical (unpaired) electrons. The van der Waals surface area contributed by atoms with Crippen LogP contribution in [0, 0.1) is 17.2 Å². The third-order valence-electron chi connectivity index (χ3n) is 7.12. The topological polar surface area (TPSA) is 99.8 Å². The molecule has 0 saturated carbocycles. The summed E-state index contributed by atoms with van der Waals surface area (Å²) in [6, 6.07) is 24.0. The van der Waals surface area contributed by atoms with Crippen molar-refractivity contribution in [3.05, 3.63) is 102 Å². The van der Waals surface area contributed by atoms with E-state index in [-0.39, 0.29) is 30.1 Å². The summed E-state index contributed by atoms with van der Waals surface area (Å²) in [5.41, 5.74) is 3.67. The Kier molecular flexibility index (Phi) is 9.60. The van der Waals surface area contributed by atoms with Gasteiger partial charge in [-0.2, -0.15) is 5.26 Å². The van der Waals surface area contributed by atoms with Crippen molar-refractivity contribution in [3.63, 3.8) is 0 Å². The van der Waals surface area contributed by atoms with Gasteiger partial charge in [0.1, 0.15) is 5.78 Å². The number of aromatic nitrogens is 2. The highest BCUT2D eigenvalue weighted by Gasteiger charge is 2.21. The molecule has 3 aromatic carbocycles. The molecule has 0 aliphatic carbocycles. The fourth-order valence-electron chi connectivity index (χ4n) is 4.78. The molecule has 7 nitrogen and oxygen atoms in total. The van der Waals surface area contributed by atoms with Crippen molar-refractivity contribution in [2.75, 3.05) is 6.54 Å². The van der Waals surface area contributed by atoms with Crippen molar-refractivity contribution in [3.8, 4) is 6.07 Å². The van der Waals surface area contributed by atoms with E-state index in [2.05, 4.69) is 58.9 Å². The average molecular weight is 522 g/mol. The molecule has 0 fully saturated rings. The van der Waals surface area contributed by atoms with Gasteiger partial charge in [-0.1, -0.05) is 61.5 Å². The largest absolute Gasteiger partial charge is 0.351 e. The first-order chi connectivity index (χ1) is 18.9. The summed E-state index contributed by atoms with van der Waals surface area (Å²) in [7, 11) is 0. The normalized spacial score (nSPS) is 12.5. The molecule has 1 heterocycles. The Morgan fingerprint density at radius 3 is 2.59 bits per heavy atom. The van der Waals surface area contributed by atoms with Crippen LogP contribution in [0.1, 0.15) is 49.1 Å². The van der Waals surface area contributed by atoms with Crippen LogP contribution in [0.15, 0.2) is 79.3 Å². The standard InChI is InChI=1S/C32H35N5O2/c1-23(10-11-24(2)38)31(20-34-18-28-8-5-7-27-6-3-4-9-30(27)28)36-32(39)16-29-19-35-22-37(29)21-26-14-12-25(17-33)13-15-26/h3-9,12-15,19,22-23,31,34H,10-11,16,18,20-21H2,1-2H3,(H,36,39). The fraction of sp³-hybridized carbons (Fsp3) is 0.312. The maximum Gasteiger partial charge on any atom is 0.226 e. The van der Waals surface area contributed by atoms with Crippen LogP contribution in [0.25, 0.3) is 10.8 Å². The number of carbonyl (C=O) groups is 2. The Morgan fingerprint density at radius 1 is 1.05 bits per heavy atom. The van der Waals surface area contributed by atoms with Gasteiger partial charge in [0.2, 0.25) is 5.91 Å². The van der Waals surface area contributed by atoms with Crippen molar-refractivity contribution in [1.29, 1.82) is 5.26 Å². The fourth-order valence-corrected chi connectivity index (χ4v) is 4.78. The van der Waals surface area contributed by atoms with E-state index in [1.807, 2.05) is 28.8 Å². The molecular weight excluding hydrogens is 486 g/mol. The van der Waals surface area contributed by atoms with Crippen LogP contribution in [-0.2, 0) is 29.1 Å². The highest BCUT2D eigenvalue weighted by molar-refractivity contribution is 5.85. The molecule has 0 bridgehead atoms. The first-order valence-electron chi connectivity index (χ1n) is 13.4. The van der Waals surface area contributed by atoms with Crippen molar-refractivity contribution in [2.24, 2.45) is 5.92 Å². The highest BCUT2D eigenvalue weighted by Crippen LogP contribution is 2.19. The predicted molar refractivity (Wildman–Crippen MR) is 153 cm³/mol. The number of fused-ring (bicyclic) bond motifs is 1. The van der Waals surface area contributed by atoms with Crippen LogP contribution in [0.2, 0.25) is 0 Å². The Labute approximate surface area is 229 Å². The molecule has 4 rings (SSSR count). The smallest absolute Gasteiger partial charge is 0.226 e. The first-order valence-corrected chi connectivity index (χ1v) is 13.4. The lowest BCUT2D eigenvalue weighted by Gasteiger charge is -2.26. The number of nitrogens with one attached hydrogen (secondary N) is 2. The van der Waals surface area contributed by atoms with Crippen LogP contribution in [-0.4, -0.2) is 33.8 Å². The zero-order valence-corrected chi connectivity index (χ0v) is 22.6. The van der Waals surface area contributed by atoms with E-state index in [1.165, 1.54) is 16.3 Å². The lowest BCUT2D eigenvalue weighted by molar-refractivity contribution is -0.121. The molecule has 7 heteroatoms. The molecule has 0 spiro atoms. The summed E-state index contributed by atoms with van der Waals surface area (Å²) in [5.74, 6) is 0.201. The number of amides is 1. The summed E-state index contributed by atoms with van der Waals surface area (Å²) in [4.78, 5) is 29.1. The molecule has 2 unspecified atom stereocenters. The summed E-state index contributed by atoms with van der Waals surface area (Å²) < 4.78 is 1.95. The van der Waals surface area contributed by atoms with Gasteiger partial charge in [-0.05, 0) is 53.3 Å². The number of imidazole rings is 1. The van der Waals surface area contributed by atoms with E-state index in [9.17, 15) is 9.59 Å². The molecule has 4 aromatic rings. The van der Waals surface area contributed by atoms with Crippen molar-refractivity contribution in [1.82, 2.24) is 20.2 Å². The quantitative estimate of drug-likeness (QED) is 0.264. The SMILES string of the molecule is CC(=O)CCC(C)C(CNCc1cccc2ccccc12)NC(=O)Cc1cncn1Cc1ccc(C#N)cc1. The van der Waals surface area contributed by atoms with Gasteiger partial charge in [-0.3, -0.25) is 4.79 Å². The zero-order valence-electron chi connectivity index (χ0n) is 22.6. The molecule has 2 atom stereocenters. The van der Waals surface area contributed by atoms with E-state index in [1.54, 1.807) is 31.6 Å². The number of ketones is 1. The molecule has 39 heavy (non-hydrogen) atoms. The number of nitrogens with zero attached hydrogens (tertiary/aromatic N) is 3. The summed E-state index contributed by atoms with van der Waals surface area (Å²) in [6.07, 6.45) is 4.85. The van der Waals surface area contributed by atoms with Crippen LogP contribution >= 0.6 is 0 Å². The Morgan fingerprint density at radius 2 is 1.82 bits per heavy atom. The second-order valence-electron chi connectivity index (χ2n) is 10.2. The van der Waals surface area contributed by atoms with Gasteiger partial charge < -0.3 is 20.0 Å². The average Bonchev–Trinajstić information content (AvgIpc) is 3.37. The number of carbonyl (C=O) groups excluding carboxylic acids is 2. The highest BCUT2D eigenvalue weighted by atomic mass is 16.1. The predicted octanol–water partition coefficient (Wildman–Crippen LogP) is 4.78. The molecule has 1 aromatic heterocycles. The number of benzene rings is 3. The van der Waals surface area contributed by atoms with Gasteiger partial charge >= 0.3 is 0 Å². The number of Topliss-reactive ketones (excluding diaryl/α,β-unsaturated/α-hetero) is 1. The maximum absolute atomic E-state index is 13.2. The van der Waals surface area contributed by atoms with Gasteiger partial charge in [0.05, 0.1) is 24.4 Å². The Balaban J connectivity index is 1.39. The minimum Gasteiger partial charge on any atom is -0.351 e. The lowest BCUT2D eigenvalue weighted by atomic mass is 9.95. The van der Waals surface area contributed by atoms with Gasteiger partial charge in [0.15, 0.2) is 0 Å². The van der Waals surface area contributed by atoms with E-state index in [0.29, 0.717) is 38.0 Å². The number of rotatable bonds is 13. The van der Waals surface area contributed by atoms with Crippen LogP contribution in [0.4, 0.5) is 0 Å². The van der Waals surface area contributed by atoms with Gasteiger partial charge in [-0.15, -0.1) is 0 Å². The second kappa shape index (κ2) is 13.5. The molecule has 2 N–H and O–H groups in total. The lowest BCUT2D eigenvalue weighted by Crippen LogP contribution is -2.46. The molecule has 0 aliphatic rings. The molecule has 0 saturated heterocycles. The summed E-state index contributed by atoms with van der Waals surface area (Å²) in [6.45, 7) is 5.54. The molecule has 200 valence electrons. The van der Waals surface area contributed by atoms with E-state index in [4.69, 9.17) is 5.26 Å². The summed E-state index contributed by atoms with van der Waals surface area (Å²) in [5, 5.41) is 18.2. The van der Waals surface area contributed by atoms with E-state index in [0.717, 1.165) is 11.3 Å². The van der Waals surface area contributed by atoms with Crippen LogP contribution < -0.4 is 10.6 Å². The van der Waals surface area contributed by atoms with E-state index < -0.39 is 0 Å². The molecule has 0 aliphatic heterocycles. The Hall–Kier alpha value is -4.28. The zero-order chi connectivity index (χ0) is 27.6. The van der Waals surface area contributed by atoms with E-state index >= 15 is 0 Å². The third-order valence-corrected chi connectivity index (χ3v) is 7.12. The maximum atomic E-state index is 13.2. The minimum absolute atomic E-state index is 0.0804. The van der Waals surface area contributed by atoms with Crippen LogP contribution in [0.5, 0.6) is 0 Å². The second-order valence-corrected chi connectivity index (χ2v) is 10.2. The van der Waals surface area contributed by atoms with Crippen LogP contribution in [0.3, 0.4) is 0 Å². The van der Waals surface area contributed by atoms with Gasteiger partial charge in [0.25, 0.3) is 0 Å². The van der Waals surface area contributed by atoms with Crippen molar-refractivity contribution >= 4 is 22.5 Å².